The van der Waals surface area contributed by atoms with Crippen molar-refractivity contribution in [3.8, 4) is 0 Å². The maximum atomic E-state index is 13.7. The van der Waals surface area contributed by atoms with E-state index in [1.807, 2.05) is 0 Å². The monoisotopic (exact) mass is 347 g/mol. The Morgan fingerprint density at radius 2 is 1.55 bits per heavy atom. The van der Waals surface area contributed by atoms with Crippen LogP contribution in [0.2, 0.25) is 0 Å². The molecule has 0 spiro atoms. The molecule has 20 heavy (non-hydrogen) atoms. The van der Waals surface area contributed by atoms with Gasteiger partial charge in [0.25, 0.3) is 0 Å². The zero-order valence-corrected chi connectivity index (χ0v) is 11.9. The Labute approximate surface area is 121 Å². The quantitative estimate of drug-likeness (QED) is 0.754. The van der Waals surface area contributed by atoms with Crippen molar-refractivity contribution in [1.29, 1.82) is 0 Å². The second kappa shape index (κ2) is 5.83. The summed E-state index contributed by atoms with van der Waals surface area (Å²) in [5, 5.41) is 2.51. The molecule has 0 saturated carbocycles. The summed E-state index contributed by atoms with van der Waals surface area (Å²) in [7, 11) is 0. The van der Waals surface area contributed by atoms with Gasteiger partial charge in [-0.25, -0.2) is 17.6 Å². The molecule has 0 aliphatic carbocycles. The fraction of sp³-hybridized carbons (Fsp3) is 0.143. The summed E-state index contributed by atoms with van der Waals surface area (Å²) in [6.07, 6.45) is 0. The molecule has 0 heterocycles. The van der Waals surface area contributed by atoms with E-state index in [2.05, 4.69) is 21.2 Å². The van der Waals surface area contributed by atoms with Gasteiger partial charge in [-0.3, -0.25) is 0 Å². The van der Waals surface area contributed by atoms with Crippen molar-refractivity contribution in [1.82, 2.24) is 0 Å². The van der Waals surface area contributed by atoms with Crippen LogP contribution < -0.4 is 5.32 Å². The highest BCUT2D eigenvalue weighted by molar-refractivity contribution is 9.10. The first-order chi connectivity index (χ1) is 9.38. The molecule has 2 aromatic rings. The van der Waals surface area contributed by atoms with Crippen molar-refractivity contribution in [3.05, 3.63) is 63.6 Å². The summed E-state index contributed by atoms with van der Waals surface area (Å²) < 4.78 is 54.3. The van der Waals surface area contributed by atoms with Crippen molar-refractivity contribution >= 4 is 21.6 Å². The molecule has 0 radical (unpaired) electrons. The Bertz CT molecular complexity index is 622. The molecule has 0 fully saturated rings. The standard InChI is InChI=1S/C14H10BrF4N/c1-7(10-6-9(16)2-3-11(10)17)20-14-12(18)4-8(15)5-13(14)19/h2-7,20H,1H3. The lowest BCUT2D eigenvalue weighted by Crippen LogP contribution is -2.11. The number of nitrogens with one attached hydrogen (secondary N) is 1. The van der Waals surface area contributed by atoms with Crippen LogP contribution in [-0.2, 0) is 0 Å². The van der Waals surface area contributed by atoms with E-state index in [9.17, 15) is 17.6 Å². The third-order valence-electron chi connectivity index (χ3n) is 2.79. The second-order valence-electron chi connectivity index (χ2n) is 4.28. The molecule has 0 aromatic heterocycles. The van der Waals surface area contributed by atoms with Gasteiger partial charge in [0.05, 0.1) is 6.04 Å². The minimum absolute atomic E-state index is 0.00767. The van der Waals surface area contributed by atoms with Crippen LogP contribution in [-0.4, -0.2) is 0 Å². The van der Waals surface area contributed by atoms with Crippen molar-refractivity contribution in [3.63, 3.8) is 0 Å². The Kier molecular flexibility index (Phi) is 4.32. The van der Waals surface area contributed by atoms with E-state index >= 15 is 0 Å². The molecule has 1 unspecified atom stereocenters. The number of anilines is 1. The van der Waals surface area contributed by atoms with Crippen molar-refractivity contribution in [2.24, 2.45) is 0 Å². The van der Waals surface area contributed by atoms with Crippen LogP contribution in [0.3, 0.4) is 0 Å². The zero-order valence-electron chi connectivity index (χ0n) is 10.4. The van der Waals surface area contributed by atoms with E-state index in [-0.39, 0.29) is 15.7 Å². The highest BCUT2D eigenvalue weighted by Gasteiger charge is 2.17. The normalized spacial score (nSPS) is 12.3. The molecule has 0 amide bonds. The Hall–Kier alpha value is -1.56. The van der Waals surface area contributed by atoms with E-state index in [4.69, 9.17) is 0 Å². The number of hydrogen-bond acceptors (Lipinski definition) is 1. The summed E-state index contributed by atoms with van der Waals surface area (Å²) in [5.41, 5.74) is -0.393. The molecule has 0 saturated heterocycles. The largest absolute Gasteiger partial charge is 0.374 e. The van der Waals surface area contributed by atoms with Gasteiger partial charge in [-0.05, 0) is 37.3 Å². The van der Waals surface area contributed by atoms with Crippen LogP contribution >= 0.6 is 15.9 Å². The van der Waals surface area contributed by atoms with E-state index in [1.54, 1.807) is 0 Å². The van der Waals surface area contributed by atoms with Crippen molar-refractivity contribution < 1.29 is 17.6 Å². The summed E-state index contributed by atoms with van der Waals surface area (Å²) in [4.78, 5) is 0. The average Bonchev–Trinajstić information content (AvgIpc) is 2.36. The molecular formula is C14H10BrF4N. The Balaban J connectivity index is 2.32. The molecule has 1 atom stereocenters. The van der Waals surface area contributed by atoms with Gasteiger partial charge in [-0.1, -0.05) is 15.9 Å². The first kappa shape index (κ1) is 14.8. The molecule has 0 aliphatic rings. The van der Waals surface area contributed by atoms with Gasteiger partial charge >= 0.3 is 0 Å². The molecule has 0 aliphatic heterocycles. The van der Waals surface area contributed by atoms with Crippen molar-refractivity contribution in [2.75, 3.05) is 5.32 Å². The first-order valence-electron chi connectivity index (χ1n) is 5.74. The molecule has 2 rings (SSSR count). The molecule has 1 nitrogen and oxygen atoms in total. The molecule has 2 aromatic carbocycles. The van der Waals surface area contributed by atoms with Gasteiger partial charge in [0.15, 0.2) is 0 Å². The topological polar surface area (TPSA) is 12.0 Å². The number of benzene rings is 2. The lowest BCUT2D eigenvalue weighted by molar-refractivity contribution is 0.567. The number of halogens is 5. The molecular weight excluding hydrogens is 338 g/mol. The van der Waals surface area contributed by atoms with E-state index in [0.29, 0.717) is 0 Å². The second-order valence-corrected chi connectivity index (χ2v) is 5.19. The third-order valence-corrected chi connectivity index (χ3v) is 3.25. The summed E-state index contributed by atoms with van der Waals surface area (Å²) in [5.74, 6) is -2.91. The minimum atomic E-state index is -0.819. The lowest BCUT2D eigenvalue weighted by atomic mass is 10.1. The zero-order chi connectivity index (χ0) is 14.9. The highest BCUT2D eigenvalue weighted by atomic mass is 79.9. The maximum absolute atomic E-state index is 13.7. The van der Waals surface area contributed by atoms with Crippen LogP contribution in [0.15, 0.2) is 34.8 Å². The SMILES string of the molecule is CC(Nc1c(F)cc(Br)cc1F)c1cc(F)ccc1F. The summed E-state index contributed by atoms with van der Waals surface area (Å²) >= 11 is 2.96. The summed E-state index contributed by atoms with van der Waals surface area (Å²) in [6.45, 7) is 1.48. The van der Waals surface area contributed by atoms with E-state index in [0.717, 1.165) is 30.3 Å². The minimum Gasteiger partial charge on any atom is -0.374 e. The van der Waals surface area contributed by atoms with Crippen LogP contribution in [0.4, 0.5) is 23.2 Å². The van der Waals surface area contributed by atoms with Gasteiger partial charge in [-0.15, -0.1) is 0 Å². The Morgan fingerprint density at radius 3 is 2.15 bits per heavy atom. The smallest absolute Gasteiger partial charge is 0.150 e. The van der Waals surface area contributed by atoms with E-state index in [1.165, 1.54) is 6.92 Å². The van der Waals surface area contributed by atoms with Gasteiger partial charge in [-0.2, -0.15) is 0 Å². The third kappa shape index (κ3) is 3.12. The maximum Gasteiger partial charge on any atom is 0.150 e. The number of rotatable bonds is 3. The molecule has 1 N–H and O–H groups in total. The van der Waals surface area contributed by atoms with Crippen LogP contribution in [0, 0.1) is 23.3 Å². The average molecular weight is 348 g/mol. The van der Waals surface area contributed by atoms with Gasteiger partial charge in [0, 0.05) is 10.0 Å². The molecule has 6 heteroatoms. The number of hydrogen-bond donors (Lipinski definition) is 1. The lowest BCUT2D eigenvalue weighted by Gasteiger charge is -2.17. The van der Waals surface area contributed by atoms with Crippen LogP contribution in [0.5, 0.6) is 0 Å². The van der Waals surface area contributed by atoms with Crippen LogP contribution in [0.1, 0.15) is 18.5 Å². The molecule has 106 valence electrons. The highest BCUT2D eigenvalue weighted by Crippen LogP contribution is 2.28. The first-order valence-corrected chi connectivity index (χ1v) is 6.54. The van der Waals surface area contributed by atoms with Gasteiger partial charge in [0.1, 0.15) is 29.0 Å². The van der Waals surface area contributed by atoms with Crippen LogP contribution in [0.25, 0.3) is 0 Å². The Morgan fingerprint density at radius 1 is 0.950 bits per heavy atom. The van der Waals surface area contributed by atoms with Gasteiger partial charge in [0.2, 0.25) is 0 Å². The van der Waals surface area contributed by atoms with E-state index < -0.39 is 29.3 Å². The fourth-order valence-electron chi connectivity index (χ4n) is 1.82. The van der Waals surface area contributed by atoms with Gasteiger partial charge < -0.3 is 5.32 Å². The fourth-order valence-corrected chi connectivity index (χ4v) is 2.22. The van der Waals surface area contributed by atoms with Crippen molar-refractivity contribution in [2.45, 2.75) is 13.0 Å². The molecule has 0 bridgehead atoms. The predicted molar refractivity (Wildman–Crippen MR) is 72.5 cm³/mol. The predicted octanol–water partition coefficient (Wildman–Crippen LogP) is 5.18. The summed E-state index contributed by atoms with van der Waals surface area (Å²) in [6, 6.07) is 4.31.